The third-order valence-electron chi connectivity index (χ3n) is 3.88. The molecule has 0 bridgehead atoms. The number of nitrogens with zero attached hydrogens (tertiary/aromatic N) is 2. The number of sulfonamides is 1. The molecule has 8 nitrogen and oxygen atoms in total. The third-order valence-corrected chi connectivity index (χ3v) is 5.39. The van der Waals surface area contributed by atoms with Crippen LogP contribution in [0.5, 0.6) is 0 Å². The van der Waals surface area contributed by atoms with E-state index in [0.717, 1.165) is 5.56 Å². The van der Waals surface area contributed by atoms with E-state index >= 15 is 0 Å². The van der Waals surface area contributed by atoms with E-state index in [4.69, 9.17) is 5.14 Å². The smallest absolute Gasteiger partial charge is 0.238 e. The van der Waals surface area contributed by atoms with Crippen LogP contribution in [0.3, 0.4) is 0 Å². The Bertz CT molecular complexity index is 1050. The Morgan fingerprint density at radius 2 is 1.79 bits per heavy atom. The fourth-order valence-corrected chi connectivity index (χ4v) is 3.29. The van der Waals surface area contributed by atoms with E-state index in [1.807, 2.05) is 30.3 Å². The lowest BCUT2D eigenvalue weighted by Gasteiger charge is -2.18. The lowest BCUT2D eigenvalue weighted by molar-refractivity contribution is 0.276. The minimum absolute atomic E-state index is 0.0192. The second-order valence-electron chi connectivity index (χ2n) is 5.87. The highest BCUT2D eigenvalue weighted by Gasteiger charge is 2.14. The van der Waals surface area contributed by atoms with Gasteiger partial charge in [0.05, 0.1) is 22.0 Å². The molecule has 10 heteroatoms. The van der Waals surface area contributed by atoms with Crippen molar-refractivity contribution in [2.45, 2.75) is 10.9 Å². The van der Waals surface area contributed by atoms with Gasteiger partial charge in [-0.1, -0.05) is 30.3 Å². The van der Waals surface area contributed by atoms with Crippen molar-refractivity contribution in [1.82, 2.24) is 9.97 Å². The average molecular weight is 464 g/mol. The molecule has 146 valence electrons. The summed E-state index contributed by atoms with van der Waals surface area (Å²) in [6, 6.07) is 15.1. The molecule has 1 aromatic heterocycles. The number of benzene rings is 2. The van der Waals surface area contributed by atoms with E-state index in [1.54, 1.807) is 18.3 Å². The lowest BCUT2D eigenvalue weighted by Crippen LogP contribution is -2.16. The molecule has 3 rings (SSSR count). The van der Waals surface area contributed by atoms with Crippen LogP contribution in [-0.4, -0.2) is 30.1 Å². The SMILES string of the molecule is NS(=O)(=O)c1ccc(Nc2ncc(Br)c(N[C@@H](CO)c3ccccc3)n2)cc1. The van der Waals surface area contributed by atoms with Gasteiger partial charge < -0.3 is 15.7 Å². The maximum Gasteiger partial charge on any atom is 0.238 e. The second kappa shape index (κ2) is 8.65. The van der Waals surface area contributed by atoms with Gasteiger partial charge >= 0.3 is 0 Å². The minimum atomic E-state index is -3.75. The molecule has 1 atom stereocenters. The second-order valence-corrected chi connectivity index (χ2v) is 8.29. The number of hydrogen-bond acceptors (Lipinski definition) is 7. The fourth-order valence-electron chi connectivity index (χ4n) is 2.47. The summed E-state index contributed by atoms with van der Waals surface area (Å²) in [5, 5.41) is 21.0. The highest BCUT2D eigenvalue weighted by molar-refractivity contribution is 9.10. The summed E-state index contributed by atoms with van der Waals surface area (Å²) in [4.78, 5) is 8.63. The predicted octanol–water partition coefficient (Wildman–Crippen LogP) is 2.78. The van der Waals surface area contributed by atoms with Crippen LogP contribution < -0.4 is 15.8 Å². The van der Waals surface area contributed by atoms with E-state index in [-0.39, 0.29) is 17.5 Å². The number of nitrogens with two attached hydrogens (primary N) is 1. The van der Waals surface area contributed by atoms with Crippen molar-refractivity contribution in [3.8, 4) is 0 Å². The topological polar surface area (TPSA) is 130 Å². The summed E-state index contributed by atoms with van der Waals surface area (Å²) in [6.07, 6.45) is 1.58. The van der Waals surface area contributed by atoms with E-state index in [0.29, 0.717) is 21.9 Å². The normalized spacial score (nSPS) is 12.4. The van der Waals surface area contributed by atoms with E-state index in [2.05, 4.69) is 36.5 Å². The van der Waals surface area contributed by atoms with Crippen LogP contribution in [0.4, 0.5) is 17.5 Å². The van der Waals surface area contributed by atoms with Gasteiger partial charge in [0.25, 0.3) is 0 Å². The van der Waals surface area contributed by atoms with Gasteiger partial charge in [-0.25, -0.2) is 18.5 Å². The summed E-state index contributed by atoms with van der Waals surface area (Å²) in [7, 11) is -3.75. The molecule has 0 saturated carbocycles. The number of aliphatic hydroxyl groups is 1. The number of aromatic nitrogens is 2. The summed E-state index contributed by atoms with van der Waals surface area (Å²) in [6.45, 7) is -0.113. The van der Waals surface area contributed by atoms with Crippen LogP contribution in [0.25, 0.3) is 0 Å². The number of primary sulfonamides is 1. The molecular formula is C18H18BrN5O3S. The highest BCUT2D eigenvalue weighted by atomic mass is 79.9. The van der Waals surface area contributed by atoms with Crippen LogP contribution in [0.2, 0.25) is 0 Å². The van der Waals surface area contributed by atoms with Gasteiger partial charge in [0, 0.05) is 11.9 Å². The number of rotatable bonds is 7. The van der Waals surface area contributed by atoms with Crippen LogP contribution in [0, 0.1) is 0 Å². The first kappa shape index (κ1) is 20.2. The van der Waals surface area contributed by atoms with Crippen molar-refractivity contribution < 1.29 is 13.5 Å². The number of nitrogens with one attached hydrogen (secondary N) is 2. The van der Waals surface area contributed by atoms with Crippen LogP contribution in [0.15, 0.2) is 70.2 Å². The standard InChI is InChI=1S/C18H18BrN5O3S/c19-15-10-21-18(22-13-6-8-14(9-7-13)28(20,26)27)24-17(15)23-16(11-25)12-4-2-1-3-5-12/h1-10,16,25H,11H2,(H2,20,26,27)(H2,21,22,23,24)/t16-/m0/s1. The van der Waals surface area contributed by atoms with Gasteiger partial charge in [-0.15, -0.1) is 0 Å². The van der Waals surface area contributed by atoms with Gasteiger partial charge in [0.1, 0.15) is 5.82 Å². The maximum atomic E-state index is 11.3. The number of anilines is 3. The van der Waals surface area contributed by atoms with Crippen LogP contribution in [-0.2, 0) is 10.0 Å². The summed E-state index contributed by atoms with van der Waals surface area (Å²) < 4.78 is 23.3. The molecule has 2 aromatic carbocycles. The van der Waals surface area contributed by atoms with E-state index in [9.17, 15) is 13.5 Å². The summed E-state index contributed by atoms with van der Waals surface area (Å²) in [5.41, 5.74) is 1.52. The van der Waals surface area contributed by atoms with E-state index < -0.39 is 10.0 Å². The molecule has 28 heavy (non-hydrogen) atoms. The molecule has 0 aliphatic heterocycles. The van der Waals surface area contributed by atoms with Gasteiger partial charge in [-0.3, -0.25) is 0 Å². The zero-order valence-electron chi connectivity index (χ0n) is 14.6. The largest absolute Gasteiger partial charge is 0.394 e. The first-order chi connectivity index (χ1) is 13.4. The fraction of sp³-hybridized carbons (Fsp3) is 0.111. The molecule has 3 aromatic rings. The van der Waals surface area contributed by atoms with Crippen molar-refractivity contribution in [2.75, 3.05) is 17.2 Å². The number of aliphatic hydroxyl groups excluding tert-OH is 1. The quantitative estimate of drug-likeness (QED) is 0.423. The molecular weight excluding hydrogens is 446 g/mol. The van der Waals surface area contributed by atoms with Gasteiger partial charge in [0.15, 0.2) is 0 Å². The molecule has 0 aliphatic rings. The zero-order valence-corrected chi connectivity index (χ0v) is 17.0. The third kappa shape index (κ3) is 5.04. The van der Waals surface area contributed by atoms with Gasteiger partial charge in [-0.05, 0) is 45.8 Å². The Morgan fingerprint density at radius 3 is 2.39 bits per heavy atom. The Kier molecular flexibility index (Phi) is 6.25. The van der Waals surface area contributed by atoms with Crippen LogP contribution >= 0.6 is 15.9 Å². The first-order valence-electron chi connectivity index (χ1n) is 8.21. The molecule has 0 spiro atoms. The van der Waals surface area contributed by atoms with Crippen molar-refractivity contribution in [3.05, 3.63) is 70.8 Å². The van der Waals surface area contributed by atoms with Gasteiger partial charge in [0.2, 0.25) is 16.0 Å². The Morgan fingerprint density at radius 1 is 1.11 bits per heavy atom. The maximum absolute atomic E-state index is 11.3. The molecule has 0 radical (unpaired) electrons. The predicted molar refractivity (Wildman–Crippen MR) is 111 cm³/mol. The van der Waals surface area contributed by atoms with Crippen molar-refractivity contribution in [1.29, 1.82) is 0 Å². The molecule has 0 saturated heterocycles. The molecule has 5 N–H and O–H groups in total. The van der Waals surface area contributed by atoms with Crippen LogP contribution in [0.1, 0.15) is 11.6 Å². The molecule has 0 amide bonds. The Labute approximate surface area is 171 Å². The van der Waals surface area contributed by atoms with Crippen molar-refractivity contribution >= 4 is 43.4 Å². The lowest BCUT2D eigenvalue weighted by atomic mass is 10.1. The monoisotopic (exact) mass is 463 g/mol. The minimum Gasteiger partial charge on any atom is -0.394 e. The van der Waals surface area contributed by atoms with Crippen molar-refractivity contribution in [2.24, 2.45) is 5.14 Å². The molecule has 0 aliphatic carbocycles. The van der Waals surface area contributed by atoms with E-state index in [1.165, 1.54) is 12.1 Å². The summed E-state index contributed by atoms with van der Waals surface area (Å²) in [5.74, 6) is 0.806. The molecule has 0 unspecified atom stereocenters. The Hall–Kier alpha value is -2.53. The number of hydrogen-bond donors (Lipinski definition) is 4. The average Bonchev–Trinajstić information content (AvgIpc) is 2.69. The summed E-state index contributed by atoms with van der Waals surface area (Å²) >= 11 is 3.40. The van der Waals surface area contributed by atoms with Gasteiger partial charge in [-0.2, -0.15) is 4.98 Å². The highest BCUT2D eigenvalue weighted by Crippen LogP contribution is 2.26. The van der Waals surface area contributed by atoms with Crippen molar-refractivity contribution in [3.63, 3.8) is 0 Å². The zero-order chi connectivity index (χ0) is 20.1. The molecule has 1 heterocycles. The Balaban J connectivity index is 1.79. The number of halogens is 1. The molecule has 0 fully saturated rings. The first-order valence-corrected chi connectivity index (χ1v) is 10.6.